The van der Waals surface area contributed by atoms with E-state index >= 15 is 0 Å². The first-order valence-electron chi connectivity index (χ1n) is 8.90. The van der Waals surface area contributed by atoms with Gasteiger partial charge in [0.1, 0.15) is 6.10 Å². The molecule has 3 aromatic heterocycles. The van der Waals surface area contributed by atoms with E-state index in [-0.39, 0.29) is 0 Å². The predicted octanol–water partition coefficient (Wildman–Crippen LogP) is 1.05. The Kier molecular flexibility index (Phi) is 4.56. The molecule has 0 aliphatic carbocycles. The van der Waals surface area contributed by atoms with Gasteiger partial charge in [-0.25, -0.2) is 0 Å². The molecule has 1 atom stereocenters. The van der Waals surface area contributed by atoms with Crippen LogP contribution in [-0.2, 0) is 33.1 Å². The second-order valence-electron chi connectivity index (χ2n) is 6.59. The molecule has 1 aliphatic heterocycles. The van der Waals surface area contributed by atoms with Gasteiger partial charge >= 0.3 is 0 Å². The molecule has 0 spiro atoms. The maximum absolute atomic E-state index is 10.6. The number of aryl methyl sites for hydroxylation is 3. The van der Waals surface area contributed by atoms with Crippen LogP contribution in [0.25, 0.3) is 0 Å². The summed E-state index contributed by atoms with van der Waals surface area (Å²) in [7, 11) is 1.82. The third-order valence-electron chi connectivity index (χ3n) is 4.71. The minimum Gasteiger partial charge on any atom is -0.380 e. The topological polar surface area (TPSA) is 98.0 Å². The summed E-state index contributed by atoms with van der Waals surface area (Å²) in [6.07, 6.45) is 2.62. The lowest BCUT2D eigenvalue weighted by Crippen LogP contribution is -2.23. The summed E-state index contributed by atoms with van der Waals surface area (Å²) < 4.78 is 8.86. The summed E-state index contributed by atoms with van der Waals surface area (Å²) in [5, 5.41) is 23.4. The van der Waals surface area contributed by atoms with Gasteiger partial charge in [0.15, 0.2) is 5.82 Å². The van der Waals surface area contributed by atoms with E-state index in [1.165, 1.54) is 0 Å². The summed E-state index contributed by atoms with van der Waals surface area (Å²) in [5.74, 6) is 1.38. The van der Waals surface area contributed by atoms with Crippen LogP contribution in [0.4, 0.5) is 0 Å². The average molecular weight is 357 g/mol. The standard InChI is InChI=1S/C17H23N7O2/c1-3-16-19-15(21-26-16)11-23-7-4-8-24-12(10-23)9-13(20-24)17(25)14-5-6-18-22(14)2/h5-6,9,17,25H,3-4,7-8,10-11H2,1-2H3/t17-/m0/s1. The molecule has 0 saturated heterocycles. The molecule has 1 aliphatic rings. The van der Waals surface area contributed by atoms with Gasteiger partial charge < -0.3 is 9.63 Å². The number of aromatic nitrogens is 6. The molecule has 9 heteroatoms. The van der Waals surface area contributed by atoms with Crippen LogP contribution in [0.3, 0.4) is 0 Å². The first-order chi connectivity index (χ1) is 12.6. The smallest absolute Gasteiger partial charge is 0.226 e. The highest BCUT2D eigenvalue weighted by molar-refractivity contribution is 5.21. The van der Waals surface area contributed by atoms with Gasteiger partial charge in [-0.15, -0.1) is 0 Å². The molecule has 0 amide bonds. The van der Waals surface area contributed by atoms with Crippen molar-refractivity contribution in [3.63, 3.8) is 0 Å². The first-order valence-corrected chi connectivity index (χ1v) is 8.90. The van der Waals surface area contributed by atoms with E-state index in [4.69, 9.17) is 4.52 Å². The van der Waals surface area contributed by atoms with Crippen molar-refractivity contribution in [1.82, 2.24) is 34.6 Å². The van der Waals surface area contributed by atoms with Crippen LogP contribution in [0.5, 0.6) is 0 Å². The van der Waals surface area contributed by atoms with E-state index in [9.17, 15) is 5.11 Å². The molecule has 4 heterocycles. The minimum absolute atomic E-state index is 0.647. The quantitative estimate of drug-likeness (QED) is 0.729. The molecule has 3 aromatic rings. The van der Waals surface area contributed by atoms with E-state index in [2.05, 4.69) is 25.2 Å². The summed E-state index contributed by atoms with van der Waals surface area (Å²) >= 11 is 0. The van der Waals surface area contributed by atoms with Gasteiger partial charge in [-0.1, -0.05) is 12.1 Å². The Labute approximate surface area is 151 Å². The molecular weight excluding hydrogens is 334 g/mol. The maximum Gasteiger partial charge on any atom is 0.226 e. The highest BCUT2D eigenvalue weighted by Crippen LogP contribution is 2.23. The molecule has 138 valence electrons. The lowest BCUT2D eigenvalue weighted by molar-refractivity contribution is 0.203. The third kappa shape index (κ3) is 3.27. The zero-order valence-corrected chi connectivity index (χ0v) is 15.0. The fourth-order valence-electron chi connectivity index (χ4n) is 3.32. The van der Waals surface area contributed by atoms with Gasteiger partial charge in [0, 0.05) is 39.3 Å². The van der Waals surface area contributed by atoms with Crippen molar-refractivity contribution in [1.29, 1.82) is 0 Å². The second kappa shape index (κ2) is 7.00. The van der Waals surface area contributed by atoms with Crippen molar-refractivity contribution in [3.05, 3.63) is 47.1 Å². The number of aliphatic hydroxyl groups is 1. The zero-order chi connectivity index (χ0) is 18.1. The fraction of sp³-hybridized carbons (Fsp3) is 0.529. The van der Waals surface area contributed by atoms with E-state index < -0.39 is 6.10 Å². The van der Waals surface area contributed by atoms with Crippen LogP contribution in [0.2, 0.25) is 0 Å². The van der Waals surface area contributed by atoms with Crippen LogP contribution in [0, 0.1) is 0 Å². The lowest BCUT2D eigenvalue weighted by Gasteiger charge is -2.16. The summed E-state index contributed by atoms with van der Waals surface area (Å²) in [6, 6.07) is 3.78. The summed E-state index contributed by atoms with van der Waals surface area (Å²) in [5.41, 5.74) is 2.46. The molecular formula is C17H23N7O2. The Balaban J connectivity index is 1.51. The number of fused-ring (bicyclic) bond motifs is 1. The fourth-order valence-corrected chi connectivity index (χ4v) is 3.32. The van der Waals surface area contributed by atoms with Crippen molar-refractivity contribution in [2.45, 2.75) is 45.5 Å². The van der Waals surface area contributed by atoms with E-state index in [1.807, 2.05) is 30.8 Å². The first kappa shape index (κ1) is 16.9. The second-order valence-corrected chi connectivity index (χ2v) is 6.59. The lowest BCUT2D eigenvalue weighted by atomic mass is 10.2. The normalized spacial score (nSPS) is 16.4. The SMILES string of the molecule is CCc1nc(CN2CCCn3nc([C@H](O)c4ccnn4C)cc3C2)no1. The van der Waals surface area contributed by atoms with Crippen LogP contribution in [0.1, 0.15) is 48.2 Å². The number of hydrogen-bond donors (Lipinski definition) is 1. The van der Waals surface area contributed by atoms with Gasteiger partial charge in [0.25, 0.3) is 0 Å². The molecule has 0 bridgehead atoms. The molecule has 26 heavy (non-hydrogen) atoms. The van der Waals surface area contributed by atoms with Crippen molar-refractivity contribution in [2.75, 3.05) is 6.54 Å². The average Bonchev–Trinajstić information content (AvgIpc) is 3.33. The molecule has 0 fully saturated rings. The Morgan fingerprint density at radius 3 is 2.96 bits per heavy atom. The number of rotatable bonds is 5. The number of nitrogens with zero attached hydrogens (tertiary/aromatic N) is 7. The molecule has 4 rings (SSSR count). The Hall–Kier alpha value is -2.52. The van der Waals surface area contributed by atoms with E-state index in [0.29, 0.717) is 24.0 Å². The zero-order valence-electron chi connectivity index (χ0n) is 15.0. The van der Waals surface area contributed by atoms with E-state index in [0.717, 1.165) is 43.9 Å². The van der Waals surface area contributed by atoms with Crippen molar-refractivity contribution in [3.8, 4) is 0 Å². The van der Waals surface area contributed by atoms with Crippen LogP contribution in [-0.4, -0.2) is 46.3 Å². The predicted molar refractivity (Wildman–Crippen MR) is 91.9 cm³/mol. The molecule has 0 radical (unpaired) electrons. The molecule has 0 unspecified atom stereocenters. The van der Waals surface area contributed by atoms with Crippen LogP contribution >= 0.6 is 0 Å². The molecule has 1 N–H and O–H groups in total. The largest absolute Gasteiger partial charge is 0.380 e. The van der Waals surface area contributed by atoms with Crippen molar-refractivity contribution < 1.29 is 9.63 Å². The highest BCUT2D eigenvalue weighted by Gasteiger charge is 2.23. The van der Waals surface area contributed by atoms with Gasteiger partial charge in [0.05, 0.1) is 23.6 Å². The summed E-state index contributed by atoms with van der Waals surface area (Å²) in [4.78, 5) is 6.68. The van der Waals surface area contributed by atoms with Crippen molar-refractivity contribution >= 4 is 0 Å². The summed E-state index contributed by atoms with van der Waals surface area (Å²) in [6.45, 7) is 5.15. The number of hydrogen-bond acceptors (Lipinski definition) is 7. The van der Waals surface area contributed by atoms with Crippen LogP contribution in [0.15, 0.2) is 22.9 Å². The molecule has 0 aromatic carbocycles. The Morgan fingerprint density at radius 2 is 2.23 bits per heavy atom. The van der Waals surface area contributed by atoms with Crippen molar-refractivity contribution in [2.24, 2.45) is 7.05 Å². The van der Waals surface area contributed by atoms with Gasteiger partial charge in [-0.3, -0.25) is 14.3 Å². The Morgan fingerprint density at radius 1 is 1.35 bits per heavy atom. The number of aliphatic hydroxyl groups excluding tert-OH is 1. The molecule has 0 saturated carbocycles. The van der Waals surface area contributed by atoms with E-state index in [1.54, 1.807) is 10.9 Å². The highest BCUT2D eigenvalue weighted by atomic mass is 16.5. The molecule has 9 nitrogen and oxygen atoms in total. The van der Waals surface area contributed by atoms with Gasteiger partial charge in [-0.05, 0) is 18.6 Å². The maximum atomic E-state index is 10.6. The van der Waals surface area contributed by atoms with Gasteiger partial charge in [-0.2, -0.15) is 15.2 Å². The van der Waals surface area contributed by atoms with Crippen LogP contribution < -0.4 is 0 Å². The Bertz CT molecular complexity index is 881. The van der Waals surface area contributed by atoms with Gasteiger partial charge in [0.2, 0.25) is 5.89 Å². The monoisotopic (exact) mass is 357 g/mol. The minimum atomic E-state index is -0.778. The third-order valence-corrected chi connectivity index (χ3v) is 4.71.